The van der Waals surface area contributed by atoms with Crippen molar-refractivity contribution in [3.8, 4) is 5.75 Å². The van der Waals surface area contributed by atoms with E-state index in [1.54, 1.807) is 12.1 Å². The molecule has 116 valence electrons. The van der Waals surface area contributed by atoms with E-state index in [-0.39, 0.29) is 23.8 Å². The van der Waals surface area contributed by atoms with E-state index < -0.39 is 9.84 Å². The van der Waals surface area contributed by atoms with Crippen molar-refractivity contribution in [2.45, 2.75) is 13.3 Å². The van der Waals surface area contributed by atoms with Gasteiger partial charge in [0.25, 0.3) is 0 Å². The quantitative estimate of drug-likeness (QED) is 0.769. The first kappa shape index (κ1) is 16.0. The molecule has 1 fully saturated rings. The number of nitrogens with zero attached hydrogens (tertiary/aromatic N) is 1. The number of hydrogen-bond acceptors (Lipinski definition) is 5. The molecular weight excluding hydrogens is 290 g/mol. The Hall–Kier alpha value is -1.40. The first-order chi connectivity index (χ1) is 10.0. The van der Waals surface area contributed by atoms with Crippen LogP contribution in [0, 0.1) is 0 Å². The van der Waals surface area contributed by atoms with Crippen molar-refractivity contribution in [2.75, 3.05) is 37.7 Å². The summed E-state index contributed by atoms with van der Waals surface area (Å²) in [6.45, 7) is 3.68. The predicted octanol–water partition coefficient (Wildman–Crippen LogP) is 1.39. The highest BCUT2D eigenvalue weighted by molar-refractivity contribution is 7.91. The molecule has 1 aromatic rings. The number of rotatable bonds is 5. The van der Waals surface area contributed by atoms with Crippen LogP contribution in [0.15, 0.2) is 24.3 Å². The average Bonchev–Trinajstić information content (AvgIpc) is 2.61. The van der Waals surface area contributed by atoms with Gasteiger partial charge in [-0.2, -0.15) is 0 Å². The van der Waals surface area contributed by atoms with Gasteiger partial charge in [0.15, 0.2) is 15.6 Å². The lowest BCUT2D eigenvalue weighted by molar-refractivity contribution is 0.0932. The summed E-state index contributed by atoms with van der Waals surface area (Å²) in [5.41, 5.74) is 0.562. The minimum absolute atomic E-state index is 0.0293. The van der Waals surface area contributed by atoms with Crippen LogP contribution in [0.25, 0.3) is 0 Å². The molecule has 1 aliphatic rings. The number of carbonyl (C=O) groups excluding carboxylic acids is 1. The molecule has 0 bridgehead atoms. The molecule has 0 amide bonds. The number of carbonyl (C=O) groups is 1. The van der Waals surface area contributed by atoms with Crippen molar-refractivity contribution in [1.82, 2.24) is 4.90 Å². The van der Waals surface area contributed by atoms with E-state index in [9.17, 15) is 13.2 Å². The van der Waals surface area contributed by atoms with E-state index in [1.807, 2.05) is 24.0 Å². The molecule has 0 aromatic heterocycles. The molecule has 2 rings (SSSR count). The minimum Gasteiger partial charge on any atom is -0.493 e. The summed E-state index contributed by atoms with van der Waals surface area (Å²) in [4.78, 5) is 14.3. The monoisotopic (exact) mass is 311 g/mol. The van der Waals surface area contributed by atoms with Crippen molar-refractivity contribution in [2.24, 2.45) is 0 Å². The largest absolute Gasteiger partial charge is 0.493 e. The van der Waals surface area contributed by atoms with E-state index in [0.717, 1.165) is 0 Å². The fourth-order valence-electron chi connectivity index (χ4n) is 2.41. The highest BCUT2D eigenvalue weighted by Crippen LogP contribution is 2.19. The van der Waals surface area contributed by atoms with Gasteiger partial charge in [-0.25, -0.2) is 8.42 Å². The van der Waals surface area contributed by atoms with E-state index in [0.29, 0.717) is 37.4 Å². The molecule has 0 saturated carbocycles. The van der Waals surface area contributed by atoms with Crippen LogP contribution in [-0.2, 0) is 9.84 Å². The predicted molar refractivity (Wildman–Crippen MR) is 81.7 cm³/mol. The lowest BCUT2D eigenvalue weighted by Gasteiger charge is -2.19. The Morgan fingerprint density at radius 3 is 2.76 bits per heavy atom. The summed E-state index contributed by atoms with van der Waals surface area (Å²) in [5.74, 6) is 0.909. The number of sulfone groups is 1. The van der Waals surface area contributed by atoms with Crippen molar-refractivity contribution < 1.29 is 17.9 Å². The van der Waals surface area contributed by atoms with Gasteiger partial charge in [0.2, 0.25) is 0 Å². The molecule has 0 radical (unpaired) electrons. The van der Waals surface area contributed by atoms with Crippen molar-refractivity contribution in [3.63, 3.8) is 0 Å². The first-order valence-corrected chi connectivity index (χ1v) is 9.02. The smallest absolute Gasteiger partial charge is 0.180 e. The first-order valence-electron chi connectivity index (χ1n) is 7.19. The number of ketones is 1. The highest BCUT2D eigenvalue weighted by Gasteiger charge is 2.22. The molecule has 0 unspecified atom stereocenters. The van der Waals surface area contributed by atoms with Gasteiger partial charge in [-0.3, -0.25) is 9.69 Å². The van der Waals surface area contributed by atoms with Gasteiger partial charge < -0.3 is 4.74 Å². The van der Waals surface area contributed by atoms with E-state index in [2.05, 4.69) is 0 Å². The van der Waals surface area contributed by atoms with Gasteiger partial charge in [0, 0.05) is 6.54 Å². The number of Topliss-reactive ketones (excluding diaryl/α,β-unsaturated/α-hetero) is 1. The average molecular weight is 311 g/mol. The summed E-state index contributed by atoms with van der Waals surface area (Å²) in [6.07, 6.45) is 0.586. The van der Waals surface area contributed by atoms with Gasteiger partial charge in [0.1, 0.15) is 5.75 Å². The molecule has 1 heterocycles. The van der Waals surface area contributed by atoms with Crippen LogP contribution in [0.3, 0.4) is 0 Å². The van der Waals surface area contributed by atoms with Gasteiger partial charge in [-0.15, -0.1) is 0 Å². The maximum Gasteiger partial charge on any atom is 0.180 e. The normalized spacial score (nSPS) is 18.9. The van der Waals surface area contributed by atoms with Crippen LogP contribution in [0.5, 0.6) is 5.75 Å². The maximum absolute atomic E-state index is 12.4. The summed E-state index contributed by atoms with van der Waals surface area (Å²) < 4.78 is 28.6. The van der Waals surface area contributed by atoms with Gasteiger partial charge in [0.05, 0.1) is 30.2 Å². The zero-order chi connectivity index (χ0) is 15.3. The lowest BCUT2D eigenvalue weighted by Crippen LogP contribution is -2.32. The third kappa shape index (κ3) is 4.54. The van der Waals surface area contributed by atoms with Crippen LogP contribution in [0.4, 0.5) is 0 Å². The lowest BCUT2D eigenvalue weighted by atomic mass is 10.1. The third-order valence-electron chi connectivity index (χ3n) is 3.50. The zero-order valence-electron chi connectivity index (χ0n) is 12.2. The second kappa shape index (κ2) is 7.04. The van der Waals surface area contributed by atoms with Crippen LogP contribution < -0.4 is 4.74 Å². The number of ether oxygens (including phenoxy) is 1. The topological polar surface area (TPSA) is 63.7 Å². The van der Waals surface area contributed by atoms with Gasteiger partial charge in [-0.05, 0) is 32.0 Å². The van der Waals surface area contributed by atoms with E-state index >= 15 is 0 Å². The Morgan fingerprint density at radius 1 is 1.24 bits per heavy atom. The molecule has 0 aliphatic carbocycles. The molecule has 6 heteroatoms. The second-order valence-electron chi connectivity index (χ2n) is 5.13. The summed E-state index contributed by atoms with van der Waals surface area (Å²) in [6, 6.07) is 7.18. The Morgan fingerprint density at radius 2 is 2.00 bits per heavy atom. The molecular formula is C15H21NO4S. The SMILES string of the molecule is CCOc1ccccc1C(=O)CN1CCCS(=O)(=O)CC1. The fourth-order valence-corrected chi connectivity index (χ4v) is 3.72. The molecule has 0 spiro atoms. The molecule has 1 aliphatic heterocycles. The molecule has 0 N–H and O–H groups in total. The Kier molecular flexibility index (Phi) is 5.36. The molecule has 21 heavy (non-hydrogen) atoms. The van der Waals surface area contributed by atoms with E-state index in [1.165, 1.54) is 0 Å². The van der Waals surface area contributed by atoms with Crippen molar-refractivity contribution in [3.05, 3.63) is 29.8 Å². The summed E-state index contributed by atoms with van der Waals surface area (Å²) >= 11 is 0. The van der Waals surface area contributed by atoms with E-state index in [4.69, 9.17) is 4.74 Å². The minimum atomic E-state index is -2.95. The maximum atomic E-state index is 12.4. The summed E-state index contributed by atoms with van der Waals surface area (Å²) in [7, 11) is -2.95. The fraction of sp³-hybridized carbons (Fsp3) is 0.533. The van der Waals surface area contributed by atoms with Gasteiger partial charge >= 0.3 is 0 Å². The van der Waals surface area contributed by atoms with Crippen molar-refractivity contribution in [1.29, 1.82) is 0 Å². The molecule has 0 atom stereocenters. The molecule has 1 aromatic carbocycles. The third-order valence-corrected chi connectivity index (χ3v) is 5.22. The molecule has 5 nitrogen and oxygen atoms in total. The van der Waals surface area contributed by atoms with Crippen LogP contribution in [0.1, 0.15) is 23.7 Å². The zero-order valence-corrected chi connectivity index (χ0v) is 13.1. The van der Waals surface area contributed by atoms with Crippen LogP contribution >= 0.6 is 0 Å². The van der Waals surface area contributed by atoms with Crippen LogP contribution in [0.2, 0.25) is 0 Å². The van der Waals surface area contributed by atoms with Crippen LogP contribution in [-0.4, -0.2) is 56.8 Å². The highest BCUT2D eigenvalue weighted by atomic mass is 32.2. The van der Waals surface area contributed by atoms with Gasteiger partial charge in [-0.1, -0.05) is 12.1 Å². The number of para-hydroxylation sites is 1. The Bertz CT molecular complexity index is 597. The Labute approximate surface area is 125 Å². The number of benzene rings is 1. The summed E-state index contributed by atoms with van der Waals surface area (Å²) in [5, 5.41) is 0. The Balaban J connectivity index is 2.04. The van der Waals surface area contributed by atoms with Crippen molar-refractivity contribution >= 4 is 15.6 Å². The number of hydrogen-bond donors (Lipinski definition) is 0. The molecule has 1 saturated heterocycles. The standard InChI is InChI=1S/C15H21NO4S/c1-2-20-15-7-4-3-6-13(15)14(17)12-16-8-5-10-21(18,19)11-9-16/h3-4,6-7H,2,5,8-12H2,1H3. The second-order valence-corrected chi connectivity index (χ2v) is 7.44.